The van der Waals surface area contributed by atoms with E-state index in [1.165, 1.54) is 0 Å². The fourth-order valence-corrected chi connectivity index (χ4v) is 1.64. The van der Waals surface area contributed by atoms with E-state index in [4.69, 9.17) is 5.73 Å². The summed E-state index contributed by atoms with van der Waals surface area (Å²) in [5.74, 6) is 0. The molecule has 0 bridgehead atoms. The number of nitrogens with zero attached hydrogens (tertiary/aromatic N) is 1. The van der Waals surface area contributed by atoms with Crippen LogP contribution in [0.5, 0.6) is 0 Å². The van der Waals surface area contributed by atoms with Crippen molar-refractivity contribution in [1.29, 1.82) is 0 Å². The summed E-state index contributed by atoms with van der Waals surface area (Å²) >= 11 is 2.67. The van der Waals surface area contributed by atoms with Crippen molar-refractivity contribution < 1.29 is 18.1 Å². The Morgan fingerprint density at radius 3 is 2.33 bits per heavy atom. The van der Waals surface area contributed by atoms with Crippen molar-refractivity contribution in [2.75, 3.05) is 5.73 Å². The van der Waals surface area contributed by atoms with Crippen molar-refractivity contribution in [3.63, 3.8) is 0 Å². The predicted molar refractivity (Wildman–Crippen MR) is 50.2 cm³/mol. The Morgan fingerprint density at radius 2 is 1.93 bits per heavy atom. The molecule has 0 saturated carbocycles. The van der Waals surface area contributed by atoms with E-state index in [0.717, 1.165) is 6.07 Å². The molecule has 0 aromatic heterocycles. The molecule has 1 aromatic rings. The van der Waals surface area contributed by atoms with Crippen LogP contribution in [0.3, 0.4) is 0 Å². The molecule has 0 aliphatic rings. The minimum absolute atomic E-state index is 0.195. The monoisotopic (exact) mass is 284 g/mol. The van der Waals surface area contributed by atoms with Gasteiger partial charge in [0.05, 0.1) is 9.40 Å². The summed E-state index contributed by atoms with van der Waals surface area (Å²) in [5, 5.41) is 10.4. The van der Waals surface area contributed by atoms with Crippen LogP contribution in [-0.4, -0.2) is 4.92 Å². The smallest absolute Gasteiger partial charge is 0.399 e. The minimum atomic E-state index is -4.81. The molecule has 82 valence electrons. The lowest BCUT2D eigenvalue weighted by atomic mass is 10.1. The summed E-state index contributed by atoms with van der Waals surface area (Å²) in [4.78, 5) is 9.33. The van der Waals surface area contributed by atoms with Crippen LogP contribution in [0, 0.1) is 10.1 Å². The number of anilines is 1. The third-order valence-electron chi connectivity index (χ3n) is 1.57. The van der Waals surface area contributed by atoms with Crippen molar-refractivity contribution in [3.05, 3.63) is 32.3 Å². The summed E-state index contributed by atoms with van der Waals surface area (Å²) < 4.78 is 36.9. The second kappa shape index (κ2) is 3.69. The summed E-state index contributed by atoms with van der Waals surface area (Å²) in [6.07, 6.45) is -4.81. The van der Waals surface area contributed by atoms with Gasteiger partial charge in [-0.3, -0.25) is 10.1 Å². The topological polar surface area (TPSA) is 69.2 Å². The first-order valence-corrected chi connectivity index (χ1v) is 4.33. The number of halogens is 4. The van der Waals surface area contributed by atoms with Gasteiger partial charge >= 0.3 is 6.18 Å². The fourth-order valence-electron chi connectivity index (χ4n) is 1.02. The first-order chi connectivity index (χ1) is 6.73. The fraction of sp³-hybridized carbons (Fsp3) is 0.143. The molecule has 8 heteroatoms. The van der Waals surface area contributed by atoms with Gasteiger partial charge in [0.2, 0.25) is 0 Å². The van der Waals surface area contributed by atoms with Crippen LogP contribution in [0.4, 0.5) is 24.5 Å². The van der Waals surface area contributed by atoms with Crippen LogP contribution >= 0.6 is 15.9 Å². The molecule has 4 nitrogen and oxygen atoms in total. The Kier molecular flexibility index (Phi) is 2.89. The largest absolute Gasteiger partial charge is 0.423 e. The Bertz CT molecular complexity index is 419. The number of alkyl halides is 3. The van der Waals surface area contributed by atoms with Gasteiger partial charge in [0.1, 0.15) is 5.56 Å². The van der Waals surface area contributed by atoms with E-state index in [1.54, 1.807) is 0 Å². The first kappa shape index (κ1) is 11.8. The average Bonchev–Trinajstić information content (AvgIpc) is 1.99. The number of rotatable bonds is 1. The van der Waals surface area contributed by atoms with Crippen molar-refractivity contribution in [3.8, 4) is 0 Å². The third kappa shape index (κ3) is 2.38. The van der Waals surface area contributed by atoms with Crippen LogP contribution in [0.25, 0.3) is 0 Å². The summed E-state index contributed by atoms with van der Waals surface area (Å²) in [6.45, 7) is 0. The molecule has 0 unspecified atom stereocenters. The molecular weight excluding hydrogens is 281 g/mol. The van der Waals surface area contributed by atoms with E-state index in [2.05, 4.69) is 15.9 Å². The maximum atomic E-state index is 12.4. The molecule has 1 rings (SSSR count). The summed E-state index contributed by atoms with van der Waals surface area (Å²) in [5.41, 5.74) is 2.59. The standard InChI is InChI=1S/C7H4BrF3N2O2/c8-5-2-3(12)1-4(7(9,10)11)6(5)13(14)15/h1-2H,12H2. The average molecular weight is 285 g/mol. The highest BCUT2D eigenvalue weighted by molar-refractivity contribution is 9.10. The molecule has 2 N–H and O–H groups in total. The van der Waals surface area contributed by atoms with Crippen molar-refractivity contribution >= 4 is 27.3 Å². The molecule has 0 atom stereocenters. The molecule has 0 radical (unpaired) electrons. The highest BCUT2D eigenvalue weighted by Crippen LogP contribution is 2.41. The molecule has 0 fully saturated rings. The second-order valence-electron chi connectivity index (χ2n) is 2.65. The van der Waals surface area contributed by atoms with Crippen molar-refractivity contribution in [1.82, 2.24) is 0 Å². The molecule has 0 aliphatic carbocycles. The Balaban J connectivity index is 3.54. The molecule has 0 amide bonds. The van der Waals surface area contributed by atoms with E-state index < -0.39 is 22.4 Å². The van der Waals surface area contributed by atoms with Crippen LogP contribution in [-0.2, 0) is 6.18 Å². The number of nitro benzene ring substituents is 1. The first-order valence-electron chi connectivity index (χ1n) is 3.54. The van der Waals surface area contributed by atoms with Crippen molar-refractivity contribution in [2.24, 2.45) is 0 Å². The molecule has 0 saturated heterocycles. The van der Waals surface area contributed by atoms with Crippen LogP contribution in [0.1, 0.15) is 5.56 Å². The Hall–Kier alpha value is -1.31. The number of hydrogen-bond acceptors (Lipinski definition) is 3. The zero-order valence-electron chi connectivity index (χ0n) is 7.01. The van der Waals surface area contributed by atoms with Crippen molar-refractivity contribution in [2.45, 2.75) is 6.18 Å². The van der Waals surface area contributed by atoms with E-state index in [1.807, 2.05) is 0 Å². The van der Waals surface area contributed by atoms with E-state index in [0.29, 0.717) is 6.07 Å². The SMILES string of the molecule is Nc1cc(Br)c([N+](=O)[O-])c(C(F)(F)F)c1. The van der Waals surface area contributed by atoms with Crippen LogP contribution in [0.15, 0.2) is 16.6 Å². The normalized spacial score (nSPS) is 11.5. The maximum absolute atomic E-state index is 12.4. The van der Waals surface area contributed by atoms with E-state index in [-0.39, 0.29) is 10.2 Å². The Morgan fingerprint density at radius 1 is 1.40 bits per heavy atom. The number of nitrogen functional groups attached to an aromatic ring is 1. The molecule has 1 aromatic carbocycles. The maximum Gasteiger partial charge on any atom is 0.423 e. The highest BCUT2D eigenvalue weighted by Gasteiger charge is 2.39. The Labute approximate surface area is 90.2 Å². The number of nitro groups is 1. The van der Waals surface area contributed by atoms with Gasteiger partial charge in [-0.05, 0) is 28.1 Å². The van der Waals surface area contributed by atoms with Crippen LogP contribution in [0.2, 0.25) is 0 Å². The molecule has 0 aliphatic heterocycles. The molecule has 0 heterocycles. The highest BCUT2D eigenvalue weighted by atomic mass is 79.9. The van der Waals surface area contributed by atoms with Crippen LogP contribution < -0.4 is 5.73 Å². The van der Waals surface area contributed by atoms with Gasteiger partial charge in [-0.25, -0.2) is 0 Å². The number of hydrogen-bond donors (Lipinski definition) is 1. The minimum Gasteiger partial charge on any atom is -0.399 e. The third-order valence-corrected chi connectivity index (χ3v) is 2.18. The van der Waals surface area contributed by atoms with Gasteiger partial charge in [-0.1, -0.05) is 0 Å². The predicted octanol–water partition coefficient (Wildman–Crippen LogP) is 2.96. The zero-order chi connectivity index (χ0) is 11.8. The van der Waals surface area contributed by atoms with Gasteiger partial charge in [0, 0.05) is 5.69 Å². The summed E-state index contributed by atoms with van der Waals surface area (Å²) in [7, 11) is 0. The second-order valence-corrected chi connectivity index (χ2v) is 3.51. The molecule has 0 spiro atoms. The van der Waals surface area contributed by atoms with Gasteiger partial charge in [0.25, 0.3) is 5.69 Å². The molecule has 15 heavy (non-hydrogen) atoms. The van der Waals surface area contributed by atoms with Gasteiger partial charge in [0.15, 0.2) is 0 Å². The van der Waals surface area contributed by atoms with E-state index in [9.17, 15) is 23.3 Å². The van der Waals surface area contributed by atoms with Gasteiger partial charge in [-0.2, -0.15) is 13.2 Å². The van der Waals surface area contributed by atoms with Gasteiger partial charge < -0.3 is 5.73 Å². The lowest BCUT2D eigenvalue weighted by molar-refractivity contribution is -0.388. The summed E-state index contributed by atoms with van der Waals surface area (Å²) in [6, 6.07) is 1.58. The zero-order valence-corrected chi connectivity index (χ0v) is 8.59. The van der Waals surface area contributed by atoms with Gasteiger partial charge in [-0.15, -0.1) is 0 Å². The number of nitrogens with two attached hydrogens (primary N) is 1. The lowest BCUT2D eigenvalue weighted by Crippen LogP contribution is -2.10. The quantitative estimate of drug-likeness (QED) is 0.490. The van der Waals surface area contributed by atoms with E-state index >= 15 is 0 Å². The number of benzene rings is 1. The lowest BCUT2D eigenvalue weighted by Gasteiger charge is -2.09. The molecular formula is C7H4BrF3N2O2.